The topological polar surface area (TPSA) is 97.9 Å². The Hall–Kier alpha value is -4.11. The first-order valence-corrected chi connectivity index (χ1v) is 12.3. The lowest BCUT2D eigenvalue weighted by atomic mass is 10.1. The summed E-state index contributed by atoms with van der Waals surface area (Å²) in [5, 5.41) is 8.22. The number of imidazole rings is 1. The number of fused-ring (bicyclic) bond motifs is 2. The first kappa shape index (κ1) is 22.4. The van der Waals surface area contributed by atoms with E-state index in [1.807, 2.05) is 37.5 Å². The van der Waals surface area contributed by atoms with Crippen molar-refractivity contribution in [3.63, 3.8) is 0 Å². The summed E-state index contributed by atoms with van der Waals surface area (Å²) in [5.41, 5.74) is 6.32. The van der Waals surface area contributed by atoms with Crippen molar-refractivity contribution in [1.82, 2.24) is 29.6 Å². The van der Waals surface area contributed by atoms with Crippen LogP contribution in [0.2, 0.25) is 0 Å². The molecule has 9 heteroatoms. The lowest BCUT2D eigenvalue weighted by Gasteiger charge is -2.34. The van der Waals surface area contributed by atoms with Crippen LogP contribution in [0, 0.1) is 0 Å². The maximum absolute atomic E-state index is 13.4. The fraction of sp³-hybridized carbons (Fsp3) is 0.296. The normalized spacial score (nSPS) is 15.6. The highest BCUT2D eigenvalue weighted by Gasteiger charge is 2.22. The Bertz CT molecular complexity index is 1590. The highest BCUT2D eigenvalue weighted by molar-refractivity contribution is 5.96. The van der Waals surface area contributed by atoms with E-state index in [4.69, 9.17) is 4.98 Å². The lowest BCUT2D eigenvalue weighted by Crippen LogP contribution is -2.44. The predicted molar refractivity (Wildman–Crippen MR) is 145 cm³/mol. The SMILES string of the molecule is CC(Nc1c(-c2nc3ccc(N4CCN(C)CC4)cc3[nH]2)c(=O)[nH]c2cn(C)nc12)c1ccccc1. The van der Waals surface area contributed by atoms with Crippen LogP contribution in [0.4, 0.5) is 11.4 Å². The molecule has 1 atom stereocenters. The molecular formula is C27H30N8O. The van der Waals surface area contributed by atoms with Crippen LogP contribution in [-0.4, -0.2) is 62.9 Å². The fourth-order valence-electron chi connectivity index (χ4n) is 4.97. The molecule has 4 heterocycles. The molecule has 1 aliphatic heterocycles. The van der Waals surface area contributed by atoms with Crippen molar-refractivity contribution in [1.29, 1.82) is 0 Å². The van der Waals surface area contributed by atoms with E-state index in [9.17, 15) is 4.79 Å². The van der Waals surface area contributed by atoms with Crippen LogP contribution in [0.15, 0.2) is 59.5 Å². The van der Waals surface area contributed by atoms with Gasteiger partial charge in [0.15, 0.2) is 0 Å². The molecule has 0 spiro atoms. The van der Waals surface area contributed by atoms with Crippen molar-refractivity contribution in [2.45, 2.75) is 13.0 Å². The van der Waals surface area contributed by atoms with E-state index in [1.165, 1.54) is 0 Å². The average molecular weight is 483 g/mol. The van der Waals surface area contributed by atoms with Crippen LogP contribution in [-0.2, 0) is 7.05 Å². The molecule has 3 N–H and O–H groups in total. The molecule has 0 radical (unpaired) electrons. The number of pyridine rings is 1. The van der Waals surface area contributed by atoms with Gasteiger partial charge in [0.1, 0.15) is 16.9 Å². The Morgan fingerprint density at radius 2 is 1.75 bits per heavy atom. The zero-order valence-electron chi connectivity index (χ0n) is 20.7. The van der Waals surface area contributed by atoms with E-state index in [0.717, 1.165) is 48.5 Å². The summed E-state index contributed by atoms with van der Waals surface area (Å²) in [6.45, 7) is 6.14. The Kier molecular flexibility index (Phi) is 5.49. The number of anilines is 2. The molecule has 1 fully saturated rings. The van der Waals surface area contributed by atoms with Crippen molar-refractivity contribution >= 4 is 33.4 Å². The van der Waals surface area contributed by atoms with Crippen molar-refractivity contribution in [3.8, 4) is 11.4 Å². The predicted octanol–water partition coefficient (Wildman–Crippen LogP) is 3.73. The number of likely N-dealkylation sites (N-methyl/N-ethyl adjacent to an activating group) is 1. The molecule has 1 aliphatic rings. The van der Waals surface area contributed by atoms with Gasteiger partial charge in [-0.15, -0.1) is 0 Å². The smallest absolute Gasteiger partial charge is 0.261 e. The van der Waals surface area contributed by atoms with Gasteiger partial charge in [-0.1, -0.05) is 30.3 Å². The standard InChI is InChI=1S/C27H30N8O/c1-17(18-7-5-4-6-8-18)28-25-23(27(36)31-22-16-34(3)32-24(22)25)26-29-20-10-9-19(15-21(20)30-26)35-13-11-33(2)12-14-35/h4-10,15-17,28H,11-14H2,1-3H3,(H,29,30)(H,31,36). The summed E-state index contributed by atoms with van der Waals surface area (Å²) in [7, 11) is 4.01. The van der Waals surface area contributed by atoms with Gasteiger partial charge in [-0.2, -0.15) is 5.10 Å². The molecule has 184 valence electrons. The molecular weight excluding hydrogens is 452 g/mol. The van der Waals surface area contributed by atoms with E-state index in [0.29, 0.717) is 28.1 Å². The third kappa shape index (κ3) is 4.01. The first-order valence-electron chi connectivity index (χ1n) is 12.3. The van der Waals surface area contributed by atoms with Crippen LogP contribution in [0.25, 0.3) is 33.5 Å². The van der Waals surface area contributed by atoms with E-state index in [1.54, 1.807) is 4.68 Å². The molecule has 9 nitrogen and oxygen atoms in total. The number of nitrogens with zero attached hydrogens (tertiary/aromatic N) is 5. The van der Waals surface area contributed by atoms with Gasteiger partial charge < -0.3 is 25.1 Å². The largest absolute Gasteiger partial charge is 0.376 e. The van der Waals surface area contributed by atoms with Crippen LogP contribution in [0.1, 0.15) is 18.5 Å². The maximum atomic E-state index is 13.4. The fourth-order valence-corrected chi connectivity index (χ4v) is 4.97. The van der Waals surface area contributed by atoms with Crippen LogP contribution in [0.3, 0.4) is 0 Å². The molecule has 0 aliphatic carbocycles. The highest BCUT2D eigenvalue weighted by Crippen LogP contribution is 2.33. The van der Waals surface area contributed by atoms with Crippen molar-refractivity contribution < 1.29 is 0 Å². The molecule has 1 saturated heterocycles. The zero-order chi connectivity index (χ0) is 24.8. The van der Waals surface area contributed by atoms with Gasteiger partial charge in [-0.05, 0) is 37.7 Å². The molecule has 0 bridgehead atoms. The monoisotopic (exact) mass is 482 g/mol. The number of aryl methyl sites for hydroxylation is 1. The summed E-state index contributed by atoms with van der Waals surface area (Å²) < 4.78 is 1.71. The summed E-state index contributed by atoms with van der Waals surface area (Å²) in [5.74, 6) is 0.525. The second-order valence-electron chi connectivity index (χ2n) is 9.62. The van der Waals surface area contributed by atoms with Crippen LogP contribution >= 0.6 is 0 Å². The molecule has 2 aromatic carbocycles. The summed E-state index contributed by atoms with van der Waals surface area (Å²) >= 11 is 0. The average Bonchev–Trinajstić information content (AvgIpc) is 3.46. The number of aromatic amines is 2. The molecule has 1 unspecified atom stereocenters. The molecule has 3 aromatic heterocycles. The van der Waals surface area contributed by atoms with Gasteiger partial charge >= 0.3 is 0 Å². The third-order valence-electron chi connectivity index (χ3n) is 7.02. The van der Waals surface area contributed by atoms with E-state index >= 15 is 0 Å². The lowest BCUT2D eigenvalue weighted by molar-refractivity contribution is 0.313. The van der Waals surface area contributed by atoms with Gasteiger partial charge in [0.05, 0.1) is 22.2 Å². The minimum atomic E-state index is -0.211. The molecule has 6 rings (SSSR count). The Balaban J connectivity index is 1.45. The number of benzene rings is 2. The number of aromatic nitrogens is 5. The summed E-state index contributed by atoms with van der Waals surface area (Å²) in [4.78, 5) is 29.4. The Labute approximate surface area is 208 Å². The minimum absolute atomic E-state index is 0.0369. The number of hydrogen-bond acceptors (Lipinski definition) is 6. The summed E-state index contributed by atoms with van der Waals surface area (Å²) in [6, 6.07) is 16.4. The van der Waals surface area contributed by atoms with Gasteiger partial charge in [0, 0.05) is 51.2 Å². The zero-order valence-corrected chi connectivity index (χ0v) is 20.7. The highest BCUT2D eigenvalue weighted by atomic mass is 16.1. The van der Waals surface area contributed by atoms with Crippen LogP contribution < -0.4 is 15.8 Å². The molecule has 5 aromatic rings. The molecule has 0 amide bonds. The van der Waals surface area contributed by atoms with Gasteiger partial charge in [0.25, 0.3) is 5.56 Å². The van der Waals surface area contributed by atoms with Gasteiger partial charge in [0.2, 0.25) is 0 Å². The number of rotatable bonds is 5. The molecule has 0 saturated carbocycles. The van der Waals surface area contributed by atoms with Crippen molar-refractivity contribution in [3.05, 3.63) is 70.6 Å². The molecule has 36 heavy (non-hydrogen) atoms. The third-order valence-corrected chi connectivity index (χ3v) is 7.02. The number of hydrogen-bond donors (Lipinski definition) is 3. The quantitative estimate of drug-likeness (QED) is 0.353. The van der Waals surface area contributed by atoms with E-state index in [-0.39, 0.29) is 11.6 Å². The van der Waals surface area contributed by atoms with Crippen molar-refractivity contribution in [2.75, 3.05) is 43.4 Å². The number of H-pyrrole nitrogens is 2. The number of piperazine rings is 1. The second kappa shape index (κ2) is 8.83. The summed E-state index contributed by atoms with van der Waals surface area (Å²) in [6.07, 6.45) is 1.82. The first-order chi connectivity index (χ1) is 17.5. The minimum Gasteiger partial charge on any atom is -0.376 e. The van der Waals surface area contributed by atoms with Crippen molar-refractivity contribution in [2.24, 2.45) is 7.05 Å². The second-order valence-corrected chi connectivity index (χ2v) is 9.62. The van der Waals surface area contributed by atoms with Crippen LogP contribution in [0.5, 0.6) is 0 Å². The van der Waals surface area contributed by atoms with Gasteiger partial charge in [-0.25, -0.2) is 4.98 Å². The van der Waals surface area contributed by atoms with Gasteiger partial charge in [-0.3, -0.25) is 9.48 Å². The number of nitrogens with one attached hydrogen (secondary N) is 3. The maximum Gasteiger partial charge on any atom is 0.261 e. The Morgan fingerprint density at radius 1 is 0.972 bits per heavy atom. The van der Waals surface area contributed by atoms with E-state index < -0.39 is 0 Å². The van der Waals surface area contributed by atoms with E-state index in [2.05, 4.69) is 68.4 Å². The Morgan fingerprint density at radius 3 is 2.53 bits per heavy atom.